The van der Waals surface area contributed by atoms with E-state index in [0.717, 1.165) is 40.5 Å². The number of rotatable bonds is 6. The molecule has 138 valence electrons. The van der Waals surface area contributed by atoms with E-state index >= 15 is 0 Å². The van der Waals surface area contributed by atoms with Gasteiger partial charge in [0.15, 0.2) is 11.5 Å². The van der Waals surface area contributed by atoms with Crippen molar-refractivity contribution < 1.29 is 14.2 Å². The van der Waals surface area contributed by atoms with E-state index < -0.39 is 0 Å². The van der Waals surface area contributed by atoms with Gasteiger partial charge < -0.3 is 14.2 Å². The molecule has 0 spiro atoms. The van der Waals surface area contributed by atoms with E-state index in [1.807, 2.05) is 18.2 Å². The summed E-state index contributed by atoms with van der Waals surface area (Å²) in [6, 6.07) is 10.5. The van der Waals surface area contributed by atoms with Crippen molar-refractivity contribution in [1.29, 1.82) is 0 Å². The summed E-state index contributed by atoms with van der Waals surface area (Å²) in [4.78, 5) is 2.41. The van der Waals surface area contributed by atoms with Gasteiger partial charge in [-0.1, -0.05) is 18.2 Å². The minimum atomic E-state index is 0.262. The maximum atomic E-state index is 5.61. The molecule has 1 atom stereocenters. The first kappa shape index (κ1) is 19.0. The lowest BCUT2D eigenvalue weighted by Gasteiger charge is -2.36. The fourth-order valence-corrected chi connectivity index (χ4v) is 4.53. The Bertz CT molecular complexity index is 789. The molecule has 3 rings (SSSR count). The highest BCUT2D eigenvalue weighted by atomic mass is 127. The third-order valence-electron chi connectivity index (χ3n) is 4.85. The predicted molar refractivity (Wildman–Crippen MR) is 113 cm³/mol. The summed E-state index contributed by atoms with van der Waals surface area (Å²) in [5.41, 5.74) is 3.87. The summed E-state index contributed by atoms with van der Waals surface area (Å²) in [5.74, 6) is 2.72. The molecule has 0 N–H and O–H groups in total. The van der Waals surface area contributed by atoms with Gasteiger partial charge in [-0.05, 0) is 57.5 Å². The van der Waals surface area contributed by atoms with Gasteiger partial charge >= 0.3 is 0 Å². The zero-order valence-electron chi connectivity index (χ0n) is 15.4. The topological polar surface area (TPSA) is 30.9 Å². The van der Waals surface area contributed by atoms with Gasteiger partial charge in [0.1, 0.15) is 5.75 Å². The van der Waals surface area contributed by atoms with E-state index in [-0.39, 0.29) is 5.92 Å². The van der Waals surface area contributed by atoms with Gasteiger partial charge in [-0.25, -0.2) is 0 Å². The van der Waals surface area contributed by atoms with Crippen LogP contribution in [-0.2, 0) is 6.54 Å². The maximum Gasteiger partial charge on any atom is 0.174 e. The minimum Gasteiger partial charge on any atom is -0.497 e. The third kappa shape index (κ3) is 3.55. The Labute approximate surface area is 168 Å². The van der Waals surface area contributed by atoms with Crippen molar-refractivity contribution in [1.82, 2.24) is 4.90 Å². The van der Waals surface area contributed by atoms with Gasteiger partial charge in [0.05, 0.1) is 24.9 Å². The first-order chi connectivity index (χ1) is 12.6. The molecule has 0 bridgehead atoms. The van der Waals surface area contributed by atoms with E-state index in [9.17, 15) is 0 Å². The van der Waals surface area contributed by atoms with Crippen molar-refractivity contribution in [3.63, 3.8) is 0 Å². The molecule has 0 amide bonds. The van der Waals surface area contributed by atoms with Crippen LogP contribution in [0.25, 0.3) is 0 Å². The Morgan fingerprint density at radius 1 is 1.15 bits per heavy atom. The van der Waals surface area contributed by atoms with Crippen LogP contribution in [0.1, 0.15) is 22.6 Å². The van der Waals surface area contributed by atoms with E-state index in [1.165, 1.54) is 16.7 Å². The number of methoxy groups -OCH3 is 3. The lowest BCUT2D eigenvalue weighted by atomic mass is 9.84. The Kier molecular flexibility index (Phi) is 6.09. The number of ether oxygens (including phenoxy) is 3. The molecule has 2 aromatic rings. The highest BCUT2D eigenvalue weighted by Crippen LogP contribution is 2.44. The molecule has 4 nitrogen and oxygen atoms in total. The van der Waals surface area contributed by atoms with Gasteiger partial charge in [-0.2, -0.15) is 0 Å². The van der Waals surface area contributed by atoms with Crippen molar-refractivity contribution >= 4 is 22.6 Å². The molecule has 1 aliphatic heterocycles. The molecule has 5 heteroatoms. The third-order valence-corrected chi connectivity index (χ3v) is 5.99. The summed E-state index contributed by atoms with van der Waals surface area (Å²) < 4.78 is 17.6. The van der Waals surface area contributed by atoms with Gasteiger partial charge in [-0.15, -0.1) is 6.58 Å². The molecular weight excluding hydrogens is 441 g/mol. The van der Waals surface area contributed by atoms with E-state index in [1.54, 1.807) is 21.3 Å². The van der Waals surface area contributed by atoms with Crippen LogP contribution in [0.15, 0.2) is 43.0 Å². The molecule has 2 aromatic carbocycles. The van der Waals surface area contributed by atoms with Crippen LogP contribution >= 0.6 is 22.6 Å². The monoisotopic (exact) mass is 465 g/mol. The molecule has 1 aliphatic rings. The molecule has 1 unspecified atom stereocenters. The second-order valence-corrected chi connectivity index (χ2v) is 7.38. The number of hydrogen-bond acceptors (Lipinski definition) is 4. The van der Waals surface area contributed by atoms with Gasteiger partial charge in [-0.3, -0.25) is 4.90 Å². The van der Waals surface area contributed by atoms with Crippen LogP contribution in [0.4, 0.5) is 0 Å². The molecule has 1 heterocycles. The van der Waals surface area contributed by atoms with Crippen molar-refractivity contribution in [2.75, 3.05) is 34.4 Å². The molecule has 0 radical (unpaired) electrons. The number of fused-ring (bicyclic) bond motifs is 1. The lowest BCUT2D eigenvalue weighted by molar-refractivity contribution is 0.263. The highest BCUT2D eigenvalue weighted by Gasteiger charge is 2.30. The van der Waals surface area contributed by atoms with E-state index in [4.69, 9.17) is 14.2 Å². The average Bonchev–Trinajstić information content (AvgIpc) is 2.68. The molecule has 0 aliphatic carbocycles. The van der Waals surface area contributed by atoms with Crippen molar-refractivity contribution in [3.8, 4) is 17.2 Å². The predicted octanol–water partition coefficient (Wildman–Crippen LogP) is 4.45. The summed E-state index contributed by atoms with van der Waals surface area (Å²) in [7, 11) is 5.07. The smallest absolute Gasteiger partial charge is 0.174 e. The average molecular weight is 465 g/mol. The second kappa shape index (κ2) is 8.31. The Hall–Kier alpha value is -1.73. The summed E-state index contributed by atoms with van der Waals surface area (Å²) >= 11 is 2.37. The van der Waals surface area contributed by atoms with Crippen LogP contribution in [0.5, 0.6) is 17.2 Å². The highest BCUT2D eigenvalue weighted by molar-refractivity contribution is 14.1. The van der Waals surface area contributed by atoms with Crippen LogP contribution in [-0.4, -0.2) is 39.3 Å². The minimum absolute atomic E-state index is 0.262. The Morgan fingerprint density at radius 3 is 2.46 bits per heavy atom. The van der Waals surface area contributed by atoms with Crippen molar-refractivity contribution in [2.45, 2.75) is 12.5 Å². The van der Waals surface area contributed by atoms with Crippen LogP contribution in [0.2, 0.25) is 0 Å². The number of hydrogen-bond donors (Lipinski definition) is 0. The number of benzene rings is 2. The lowest BCUT2D eigenvalue weighted by Crippen LogP contribution is -2.35. The van der Waals surface area contributed by atoms with Gasteiger partial charge in [0, 0.05) is 25.6 Å². The first-order valence-corrected chi connectivity index (χ1v) is 9.61. The molecular formula is C21H24INO3. The molecule has 0 aromatic heterocycles. The second-order valence-electron chi connectivity index (χ2n) is 6.30. The van der Waals surface area contributed by atoms with E-state index in [0.29, 0.717) is 0 Å². The standard InChI is InChI=1S/C21H24INO3/c1-5-10-23-12-17(14-6-8-15(24-2)9-7-14)16-11-19(25-3)21(26-4)20(22)18(16)13-23/h5-9,11,17H,1,10,12-13H2,2-4H3. The fraction of sp³-hybridized carbons (Fsp3) is 0.333. The zero-order valence-corrected chi connectivity index (χ0v) is 17.6. The molecule has 26 heavy (non-hydrogen) atoms. The van der Waals surface area contributed by atoms with Crippen LogP contribution < -0.4 is 14.2 Å². The van der Waals surface area contributed by atoms with Crippen LogP contribution in [0, 0.1) is 3.57 Å². The van der Waals surface area contributed by atoms with Gasteiger partial charge in [0.2, 0.25) is 0 Å². The van der Waals surface area contributed by atoms with E-state index in [2.05, 4.69) is 52.3 Å². The Morgan fingerprint density at radius 2 is 1.88 bits per heavy atom. The maximum absolute atomic E-state index is 5.61. The van der Waals surface area contributed by atoms with Crippen molar-refractivity contribution in [2.24, 2.45) is 0 Å². The Balaban J connectivity index is 2.13. The number of nitrogens with zero attached hydrogens (tertiary/aromatic N) is 1. The molecule has 0 saturated heterocycles. The van der Waals surface area contributed by atoms with Crippen LogP contribution in [0.3, 0.4) is 0 Å². The largest absolute Gasteiger partial charge is 0.497 e. The first-order valence-electron chi connectivity index (χ1n) is 8.53. The summed E-state index contributed by atoms with van der Waals surface area (Å²) in [5, 5.41) is 0. The number of halogens is 1. The molecule has 0 saturated carbocycles. The summed E-state index contributed by atoms with van der Waals surface area (Å²) in [6.45, 7) is 6.59. The van der Waals surface area contributed by atoms with Gasteiger partial charge in [0.25, 0.3) is 0 Å². The molecule has 0 fully saturated rings. The zero-order chi connectivity index (χ0) is 18.7. The quantitative estimate of drug-likeness (QED) is 0.466. The fourth-order valence-electron chi connectivity index (χ4n) is 3.57. The normalized spacial score (nSPS) is 16.7. The SMILES string of the molecule is C=CCN1Cc2c(cc(OC)c(OC)c2I)C(c2ccc(OC)cc2)C1. The van der Waals surface area contributed by atoms with Crippen molar-refractivity contribution in [3.05, 3.63) is 63.2 Å². The summed E-state index contributed by atoms with van der Waals surface area (Å²) in [6.07, 6.45) is 1.96.